The molecule has 0 bridgehead atoms. The molecule has 1 heterocycles. The SMILES string of the molecule is CCOC(=O)C1CCCN(C(=O)C(NC(=O)c2ccc(F)cc2)C(C)C)C1. The third kappa shape index (κ3) is 5.52. The summed E-state index contributed by atoms with van der Waals surface area (Å²) in [6.07, 6.45) is 1.41. The first-order valence-corrected chi connectivity index (χ1v) is 9.35. The Morgan fingerprint density at radius 3 is 2.52 bits per heavy atom. The lowest BCUT2D eigenvalue weighted by molar-refractivity contribution is -0.151. The van der Waals surface area contributed by atoms with Gasteiger partial charge in [0.05, 0.1) is 12.5 Å². The van der Waals surface area contributed by atoms with Crippen molar-refractivity contribution in [1.29, 1.82) is 0 Å². The number of esters is 1. The van der Waals surface area contributed by atoms with Gasteiger partial charge in [-0.05, 0) is 49.9 Å². The standard InChI is InChI=1S/C20H27FN2O4/c1-4-27-20(26)15-6-5-11-23(12-15)19(25)17(13(2)3)22-18(24)14-7-9-16(21)10-8-14/h7-10,13,15,17H,4-6,11-12H2,1-3H3,(H,22,24). The topological polar surface area (TPSA) is 75.7 Å². The molecule has 0 aliphatic carbocycles. The molecule has 1 aliphatic heterocycles. The molecule has 27 heavy (non-hydrogen) atoms. The number of nitrogens with one attached hydrogen (secondary N) is 1. The van der Waals surface area contributed by atoms with E-state index in [1.807, 2.05) is 13.8 Å². The van der Waals surface area contributed by atoms with Gasteiger partial charge in [-0.25, -0.2) is 4.39 Å². The molecule has 0 saturated carbocycles. The third-order valence-electron chi connectivity index (χ3n) is 4.68. The minimum Gasteiger partial charge on any atom is -0.466 e. The Bertz CT molecular complexity index is 675. The molecule has 2 rings (SSSR count). The summed E-state index contributed by atoms with van der Waals surface area (Å²) in [5.74, 6) is -1.82. The van der Waals surface area contributed by atoms with E-state index in [0.29, 0.717) is 32.5 Å². The van der Waals surface area contributed by atoms with Crippen LogP contribution >= 0.6 is 0 Å². The fourth-order valence-electron chi connectivity index (χ4n) is 3.17. The van der Waals surface area contributed by atoms with Crippen LogP contribution in [0.15, 0.2) is 24.3 Å². The number of ether oxygens (including phenoxy) is 1. The summed E-state index contributed by atoms with van der Waals surface area (Å²) in [7, 11) is 0. The van der Waals surface area contributed by atoms with E-state index in [1.165, 1.54) is 24.3 Å². The molecule has 6 nitrogen and oxygen atoms in total. The summed E-state index contributed by atoms with van der Waals surface area (Å²) in [6.45, 7) is 6.60. The van der Waals surface area contributed by atoms with Crippen molar-refractivity contribution >= 4 is 17.8 Å². The molecule has 1 saturated heterocycles. The third-order valence-corrected chi connectivity index (χ3v) is 4.68. The van der Waals surface area contributed by atoms with E-state index in [4.69, 9.17) is 4.74 Å². The van der Waals surface area contributed by atoms with Crippen LogP contribution in [0.25, 0.3) is 0 Å². The summed E-state index contributed by atoms with van der Waals surface area (Å²) in [4.78, 5) is 39.0. The molecule has 0 aromatic heterocycles. The molecule has 1 N–H and O–H groups in total. The normalized spacial score (nSPS) is 18.1. The minimum absolute atomic E-state index is 0.134. The van der Waals surface area contributed by atoms with Crippen LogP contribution in [0, 0.1) is 17.7 Å². The van der Waals surface area contributed by atoms with E-state index in [-0.39, 0.29) is 29.3 Å². The number of carbonyl (C=O) groups excluding carboxylic acids is 3. The number of nitrogens with zero attached hydrogens (tertiary/aromatic N) is 1. The van der Waals surface area contributed by atoms with Gasteiger partial charge < -0.3 is 15.0 Å². The van der Waals surface area contributed by atoms with Crippen molar-refractivity contribution < 1.29 is 23.5 Å². The van der Waals surface area contributed by atoms with Gasteiger partial charge in [0.2, 0.25) is 5.91 Å². The Labute approximate surface area is 159 Å². The maximum atomic E-state index is 13.0. The number of benzene rings is 1. The van der Waals surface area contributed by atoms with Gasteiger partial charge in [0, 0.05) is 18.7 Å². The molecule has 0 radical (unpaired) electrons. The first-order valence-electron chi connectivity index (χ1n) is 9.35. The van der Waals surface area contributed by atoms with Gasteiger partial charge >= 0.3 is 5.97 Å². The van der Waals surface area contributed by atoms with Crippen molar-refractivity contribution in [1.82, 2.24) is 10.2 Å². The van der Waals surface area contributed by atoms with Gasteiger partial charge in [0.1, 0.15) is 11.9 Å². The summed E-state index contributed by atoms with van der Waals surface area (Å²) in [5, 5.41) is 2.75. The van der Waals surface area contributed by atoms with E-state index in [2.05, 4.69) is 5.32 Å². The Morgan fingerprint density at radius 2 is 1.93 bits per heavy atom. The number of hydrogen-bond acceptors (Lipinski definition) is 4. The van der Waals surface area contributed by atoms with Gasteiger partial charge in [-0.3, -0.25) is 14.4 Å². The van der Waals surface area contributed by atoms with Gasteiger partial charge in [0.25, 0.3) is 5.91 Å². The average molecular weight is 378 g/mol. The monoisotopic (exact) mass is 378 g/mol. The van der Waals surface area contributed by atoms with Crippen LogP contribution < -0.4 is 5.32 Å². The Morgan fingerprint density at radius 1 is 1.26 bits per heavy atom. The summed E-state index contributed by atoms with van der Waals surface area (Å²) < 4.78 is 18.1. The predicted octanol–water partition coefficient (Wildman–Crippen LogP) is 2.38. The zero-order chi connectivity index (χ0) is 20.0. The molecule has 2 atom stereocenters. The first kappa shape index (κ1) is 20.9. The second kappa shape index (κ2) is 9.48. The summed E-state index contributed by atoms with van der Waals surface area (Å²) >= 11 is 0. The van der Waals surface area contributed by atoms with Crippen molar-refractivity contribution in [2.45, 2.75) is 39.7 Å². The van der Waals surface area contributed by atoms with E-state index in [0.717, 1.165) is 0 Å². The maximum absolute atomic E-state index is 13.0. The zero-order valence-electron chi connectivity index (χ0n) is 16.0. The van der Waals surface area contributed by atoms with E-state index in [9.17, 15) is 18.8 Å². The van der Waals surface area contributed by atoms with Crippen molar-refractivity contribution in [2.24, 2.45) is 11.8 Å². The molecule has 1 fully saturated rings. The molecule has 1 aliphatic rings. The fourth-order valence-corrected chi connectivity index (χ4v) is 3.17. The summed E-state index contributed by atoms with van der Waals surface area (Å²) in [5.41, 5.74) is 0.290. The lowest BCUT2D eigenvalue weighted by atomic mass is 9.95. The van der Waals surface area contributed by atoms with Crippen LogP contribution in [0.2, 0.25) is 0 Å². The molecule has 7 heteroatoms. The molecule has 1 aromatic rings. The largest absolute Gasteiger partial charge is 0.466 e. The van der Waals surface area contributed by atoms with Gasteiger partial charge in [-0.2, -0.15) is 0 Å². The highest BCUT2D eigenvalue weighted by molar-refractivity contribution is 5.97. The van der Waals surface area contributed by atoms with Crippen molar-refractivity contribution in [3.63, 3.8) is 0 Å². The number of amides is 2. The summed E-state index contributed by atoms with van der Waals surface area (Å²) in [6, 6.07) is 4.45. The van der Waals surface area contributed by atoms with Crippen LogP contribution in [0.3, 0.4) is 0 Å². The molecular formula is C20H27FN2O4. The number of carbonyl (C=O) groups is 3. The number of rotatable bonds is 6. The van der Waals surface area contributed by atoms with E-state index < -0.39 is 17.8 Å². The van der Waals surface area contributed by atoms with Crippen molar-refractivity contribution in [3.8, 4) is 0 Å². The number of piperidine rings is 1. The number of halogens is 1. The second-order valence-corrected chi connectivity index (χ2v) is 7.08. The van der Waals surface area contributed by atoms with Crippen LogP contribution in [0.5, 0.6) is 0 Å². The zero-order valence-corrected chi connectivity index (χ0v) is 16.0. The van der Waals surface area contributed by atoms with Gasteiger partial charge in [-0.1, -0.05) is 13.8 Å². The number of hydrogen-bond donors (Lipinski definition) is 1. The highest BCUT2D eigenvalue weighted by atomic mass is 19.1. The quantitative estimate of drug-likeness (QED) is 0.771. The molecular weight excluding hydrogens is 351 g/mol. The smallest absolute Gasteiger partial charge is 0.310 e. The Kier molecular flexibility index (Phi) is 7.33. The second-order valence-electron chi connectivity index (χ2n) is 7.08. The van der Waals surface area contributed by atoms with Crippen LogP contribution in [-0.4, -0.2) is 48.4 Å². The number of likely N-dealkylation sites (tertiary alicyclic amines) is 1. The van der Waals surface area contributed by atoms with Gasteiger partial charge in [-0.15, -0.1) is 0 Å². The molecule has 2 unspecified atom stereocenters. The Hall–Kier alpha value is -2.44. The Balaban J connectivity index is 2.06. The van der Waals surface area contributed by atoms with Crippen LogP contribution in [-0.2, 0) is 14.3 Å². The highest BCUT2D eigenvalue weighted by Crippen LogP contribution is 2.20. The lowest BCUT2D eigenvalue weighted by Crippen LogP contribution is -2.54. The fraction of sp³-hybridized carbons (Fsp3) is 0.550. The van der Waals surface area contributed by atoms with E-state index in [1.54, 1.807) is 11.8 Å². The van der Waals surface area contributed by atoms with E-state index >= 15 is 0 Å². The minimum atomic E-state index is -0.719. The molecule has 148 valence electrons. The van der Waals surface area contributed by atoms with Crippen LogP contribution in [0.1, 0.15) is 44.0 Å². The molecule has 1 aromatic carbocycles. The highest BCUT2D eigenvalue weighted by Gasteiger charge is 2.34. The van der Waals surface area contributed by atoms with Crippen molar-refractivity contribution in [2.75, 3.05) is 19.7 Å². The predicted molar refractivity (Wildman–Crippen MR) is 98.4 cm³/mol. The van der Waals surface area contributed by atoms with Gasteiger partial charge in [0.15, 0.2) is 0 Å². The van der Waals surface area contributed by atoms with Crippen molar-refractivity contribution in [3.05, 3.63) is 35.6 Å². The van der Waals surface area contributed by atoms with Crippen LogP contribution in [0.4, 0.5) is 4.39 Å². The molecule has 0 spiro atoms. The lowest BCUT2D eigenvalue weighted by Gasteiger charge is -2.35. The average Bonchev–Trinajstić information content (AvgIpc) is 2.66. The molecule has 2 amide bonds. The first-order chi connectivity index (χ1) is 12.8. The maximum Gasteiger partial charge on any atom is 0.310 e.